The number of carbonyl (C=O) groups is 2. The summed E-state index contributed by atoms with van der Waals surface area (Å²) in [5.74, 6) is 0.708. The third-order valence-electron chi connectivity index (χ3n) is 5.05. The Bertz CT molecular complexity index is 794. The molecule has 2 atom stereocenters. The van der Waals surface area contributed by atoms with Gasteiger partial charge in [0.05, 0.1) is 6.04 Å². The van der Waals surface area contributed by atoms with Crippen molar-refractivity contribution in [3.63, 3.8) is 0 Å². The van der Waals surface area contributed by atoms with Crippen LogP contribution in [0.4, 0.5) is 4.79 Å². The lowest BCUT2D eigenvalue weighted by molar-refractivity contribution is 0.0507. The number of amides is 2. The number of carbonyl (C=O) groups excluding carboxylic acids is 2. The normalized spacial score (nSPS) is 17.2. The summed E-state index contributed by atoms with van der Waals surface area (Å²) in [4.78, 5) is 30.9. The van der Waals surface area contributed by atoms with Gasteiger partial charge in [-0.25, -0.2) is 4.79 Å². The van der Waals surface area contributed by atoms with E-state index in [1.165, 1.54) is 0 Å². The minimum absolute atomic E-state index is 0. The standard InChI is InChI=1S/C23H37N5O3.HI/c1-7-16(2)26-20(29)18-10-8-9-17(13-18)14-25-21(24-6)28-12-11-19(15-28)27-22(30)31-23(3,4)5;/h8-10,13,16,19H,7,11-12,14-15H2,1-6H3,(H,24,25)(H,26,29)(H,27,30);1H. The van der Waals surface area contributed by atoms with E-state index < -0.39 is 11.7 Å². The first kappa shape index (κ1) is 28.0. The summed E-state index contributed by atoms with van der Waals surface area (Å²) in [6.45, 7) is 11.6. The number of nitrogens with one attached hydrogen (secondary N) is 3. The number of guanidine groups is 1. The molecule has 0 aliphatic carbocycles. The first-order valence-corrected chi connectivity index (χ1v) is 11.0. The number of hydrogen-bond acceptors (Lipinski definition) is 4. The number of nitrogens with zero attached hydrogens (tertiary/aromatic N) is 2. The van der Waals surface area contributed by atoms with Crippen LogP contribution >= 0.6 is 24.0 Å². The molecular formula is C23H38IN5O3. The fourth-order valence-corrected chi connectivity index (χ4v) is 3.29. The van der Waals surface area contributed by atoms with E-state index in [1.54, 1.807) is 7.05 Å². The Balaban J connectivity index is 0.00000512. The van der Waals surface area contributed by atoms with Crippen molar-refractivity contribution in [2.45, 2.75) is 71.7 Å². The fraction of sp³-hybridized carbons (Fsp3) is 0.609. The summed E-state index contributed by atoms with van der Waals surface area (Å²) in [6.07, 6.45) is 1.32. The average molecular weight is 559 g/mol. The molecule has 3 N–H and O–H groups in total. The summed E-state index contributed by atoms with van der Waals surface area (Å²) >= 11 is 0. The van der Waals surface area contributed by atoms with E-state index in [4.69, 9.17) is 4.74 Å². The Morgan fingerprint density at radius 3 is 2.66 bits per heavy atom. The minimum atomic E-state index is -0.514. The zero-order valence-corrected chi connectivity index (χ0v) is 22.4. The van der Waals surface area contributed by atoms with E-state index in [9.17, 15) is 9.59 Å². The highest BCUT2D eigenvalue weighted by atomic mass is 127. The summed E-state index contributed by atoms with van der Waals surface area (Å²) < 4.78 is 5.34. The van der Waals surface area contributed by atoms with Crippen molar-refractivity contribution in [2.24, 2.45) is 4.99 Å². The molecule has 0 bridgehead atoms. The van der Waals surface area contributed by atoms with Gasteiger partial charge in [0.2, 0.25) is 0 Å². The molecule has 1 aliphatic heterocycles. The third-order valence-corrected chi connectivity index (χ3v) is 5.05. The molecular weight excluding hydrogens is 521 g/mol. The number of halogens is 1. The molecule has 180 valence electrons. The lowest BCUT2D eigenvalue weighted by atomic mass is 10.1. The predicted molar refractivity (Wildman–Crippen MR) is 139 cm³/mol. The van der Waals surface area contributed by atoms with Crippen molar-refractivity contribution >= 4 is 41.9 Å². The summed E-state index contributed by atoms with van der Waals surface area (Å²) in [6, 6.07) is 7.75. The zero-order valence-electron chi connectivity index (χ0n) is 20.0. The van der Waals surface area contributed by atoms with Crippen LogP contribution in [0.5, 0.6) is 0 Å². The maximum atomic E-state index is 12.4. The zero-order chi connectivity index (χ0) is 23.0. The van der Waals surface area contributed by atoms with E-state index >= 15 is 0 Å². The Hall–Kier alpha value is -2.04. The Morgan fingerprint density at radius 2 is 2.03 bits per heavy atom. The van der Waals surface area contributed by atoms with Gasteiger partial charge in [-0.1, -0.05) is 19.1 Å². The number of benzene rings is 1. The van der Waals surface area contributed by atoms with Crippen molar-refractivity contribution < 1.29 is 14.3 Å². The van der Waals surface area contributed by atoms with Crippen molar-refractivity contribution in [2.75, 3.05) is 20.1 Å². The van der Waals surface area contributed by atoms with Gasteiger partial charge in [0, 0.05) is 38.3 Å². The minimum Gasteiger partial charge on any atom is -0.444 e. The Morgan fingerprint density at radius 1 is 1.31 bits per heavy atom. The van der Waals surface area contributed by atoms with Crippen LogP contribution in [-0.4, -0.2) is 60.7 Å². The molecule has 8 nitrogen and oxygen atoms in total. The van der Waals surface area contributed by atoms with E-state index in [0.29, 0.717) is 18.7 Å². The largest absolute Gasteiger partial charge is 0.444 e. The number of likely N-dealkylation sites (tertiary alicyclic amines) is 1. The lowest BCUT2D eigenvalue weighted by Crippen LogP contribution is -2.44. The second-order valence-electron chi connectivity index (χ2n) is 8.96. The number of rotatable bonds is 6. The summed E-state index contributed by atoms with van der Waals surface area (Å²) in [5, 5.41) is 9.28. The summed E-state index contributed by atoms with van der Waals surface area (Å²) in [7, 11) is 1.74. The van der Waals surface area contributed by atoms with Gasteiger partial charge in [0.1, 0.15) is 5.60 Å². The summed E-state index contributed by atoms with van der Waals surface area (Å²) in [5.41, 5.74) is 1.14. The smallest absolute Gasteiger partial charge is 0.407 e. The quantitative estimate of drug-likeness (QED) is 0.282. The highest BCUT2D eigenvalue weighted by Crippen LogP contribution is 2.13. The molecule has 1 aliphatic rings. The first-order chi connectivity index (χ1) is 14.6. The van der Waals surface area contributed by atoms with Crippen LogP contribution in [0, 0.1) is 0 Å². The van der Waals surface area contributed by atoms with Gasteiger partial charge in [-0.15, -0.1) is 24.0 Å². The third kappa shape index (κ3) is 9.22. The maximum Gasteiger partial charge on any atom is 0.407 e. The number of ether oxygens (including phenoxy) is 1. The molecule has 2 rings (SSSR count). The topological polar surface area (TPSA) is 95.1 Å². The average Bonchev–Trinajstić information content (AvgIpc) is 3.15. The highest BCUT2D eigenvalue weighted by Gasteiger charge is 2.27. The van der Waals surface area contributed by atoms with Crippen LogP contribution in [-0.2, 0) is 11.3 Å². The lowest BCUT2D eigenvalue weighted by Gasteiger charge is -2.23. The molecule has 0 spiro atoms. The molecule has 32 heavy (non-hydrogen) atoms. The molecule has 0 saturated carbocycles. The van der Waals surface area contributed by atoms with Crippen LogP contribution in [0.15, 0.2) is 29.3 Å². The van der Waals surface area contributed by atoms with Gasteiger partial charge in [0.25, 0.3) is 5.91 Å². The second kappa shape index (κ2) is 12.9. The van der Waals surface area contributed by atoms with E-state index in [-0.39, 0.29) is 42.0 Å². The molecule has 1 fully saturated rings. The molecule has 1 heterocycles. The van der Waals surface area contributed by atoms with Gasteiger partial charge in [0.15, 0.2) is 5.96 Å². The number of alkyl carbamates (subject to hydrolysis) is 1. The van der Waals surface area contributed by atoms with Crippen LogP contribution in [0.3, 0.4) is 0 Å². The Labute approximate surface area is 209 Å². The number of hydrogen-bond donors (Lipinski definition) is 3. The Kier molecular flexibility index (Phi) is 11.2. The van der Waals surface area contributed by atoms with Gasteiger partial charge < -0.3 is 25.6 Å². The number of aliphatic imine (C=N–C) groups is 1. The molecule has 1 aromatic rings. The van der Waals surface area contributed by atoms with Crippen LogP contribution in [0.1, 0.15) is 63.4 Å². The molecule has 9 heteroatoms. The predicted octanol–water partition coefficient (Wildman–Crippen LogP) is 3.51. The van der Waals surface area contributed by atoms with Crippen molar-refractivity contribution in [3.05, 3.63) is 35.4 Å². The van der Waals surface area contributed by atoms with E-state index in [2.05, 4.69) is 25.8 Å². The molecule has 1 aromatic carbocycles. The SMILES string of the molecule is CCC(C)NC(=O)c1cccc(CNC(=NC)N2CCC(NC(=O)OC(C)(C)C)C2)c1.I. The van der Waals surface area contributed by atoms with Crippen molar-refractivity contribution in [3.8, 4) is 0 Å². The molecule has 2 unspecified atom stereocenters. The van der Waals surface area contributed by atoms with Crippen LogP contribution in [0.2, 0.25) is 0 Å². The molecule has 0 radical (unpaired) electrons. The second-order valence-corrected chi connectivity index (χ2v) is 8.96. The van der Waals surface area contributed by atoms with Gasteiger partial charge in [-0.3, -0.25) is 9.79 Å². The van der Waals surface area contributed by atoms with Gasteiger partial charge in [-0.05, 0) is 58.2 Å². The monoisotopic (exact) mass is 559 g/mol. The van der Waals surface area contributed by atoms with Crippen LogP contribution in [0.25, 0.3) is 0 Å². The van der Waals surface area contributed by atoms with Crippen LogP contribution < -0.4 is 16.0 Å². The van der Waals surface area contributed by atoms with E-state index in [0.717, 1.165) is 30.9 Å². The van der Waals surface area contributed by atoms with E-state index in [1.807, 2.05) is 58.9 Å². The molecule has 1 saturated heterocycles. The first-order valence-electron chi connectivity index (χ1n) is 11.0. The van der Waals surface area contributed by atoms with Gasteiger partial charge in [-0.2, -0.15) is 0 Å². The van der Waals surface area contributed by atoms with Gasteiger partial charge >= 0.3 is 6.09 Å². The van der Waals surface area contributed by atoms with Crippen molar-refractivity contribution in [1.82, 2.24) is 20.9 Å². The molecule has 2 amide bonds. The maximum absolute atomic E-state index is 12.4. The highest BCUT2D eigenvalue weighted by molar-refractivity contribution is 14.0. The van der Waals surface area contributed by atoms with Crippen molar-refractivity contribution in [1.29, 1.82) is 0 Å². The fourth-order valence-electron chi connectivity index (χ4n) is 3.29. The molecule has 0 aromatic heterocycles.